The Bertz CT molecular complexity index is 204. The molecule has 3 nitrogen and oxygen atoms in total. The topological polar surface area (TPSA) is 46.3 Å². The van der Waals surface area contributed by atoms with Crippen LogP contribution < -0.4 is 5.73 Å². The van der Waals surface area contributed by atoms with Crippen molar-refractivity contribution in [1.29, 1.82) is 0 Å². The van der Waals surface area contributed by atoms with E-state index in [9.17, 15) is 4.79 Å². The van der Waals surface area contributed by atoms with E-state index in [2.05, 4.69) is 20.8 Å². The quantitative estimate of drug-likeness (QED) is 0.675. The van der Waals surface area contributed by atoms with Gasteiger partial charge in [-0.25, -0.2) is 0 Å². The Morgan fingerprint density at radius 1 is 1.24 bits per heavy atom. The molecule has 17 heavy (non-hydrogen) atoms. The number of amides is 1. The molecule has 0 aliphatic heterocycles. The minimum Gasteiger partial charge on any atom is -0.346 e. The summed E-state index contributed by atoms with van der Waals surface area (Å²) in [7, 11) is 1.91. The minimum absolute atomic E-state index is 0.279. The molecular formula is C14H30N2O. The molecule has 0 aromatic rings. The number of carbonyl (C=O) groups is 1. The standard InChI is InChI=1S/C14H30N2O/c1-5-13(8-10-15)6-7-14(17)16(4)11-9-12(2)3/h12-13H,5-11,15H2,1-4H3. The number of hydrogen-bond donors (Lipinski definition) is 1. The Balaban J connectivity index is 3.83. The molecule has 0 rings (SSSR count). The van der Waals surface area contributed by atoms with Crippen molar-refractivity contribution in [2.45, 2.75) is 52.9 Å². The zero-order valence-electron chi connectivity index (χ0n) is 12.0. The van der Waals surface area contributed by atoms with Crippen LogP contribution >= 0.6 is 0 Å². The van der Waals surface area contributed by atoms with E-state index in [0.29, 0.717) is 18.3 Å². The Kier molecular flexibility index (Phi) is 9.14. The van der Waals surface area contributed by atoms with Gasteiger partial charge in [-0.1, -0.05) is 27.2 Å². The highest BCUT2D eigenvalue weighted by atomic mass is 16.2. The normalized spacial score (nSPS) is 12.8. The second kappa shape index (κ2) is 9.46. The van der Waals surface area contributed by atoms with Gasteiger partial charge in [-0.3, -0.25) is 4.79 Å². The number of hydrogen-bond acceptors (Lipinski definition) is 2. The molecule has 0 saturated heterocycles. The predicted octanol–water partition coefficient (Wildman–Crippen LogP) is 2.65. The van der Waals surface area contributed by atoms with E-state index < -0.39 is 0 Å². The fraction of sp³-hybridized carbons (Fsp3) is 0.929. The summed E-state index contributed by atoms with van der Waals surface area (Å²) >= 11 is 0. The Morgan fingerprint density at radius 3 is 2.35 bits per heavy atom. The highest BCUT2D eigenvalue weighted by molar-refractivity contribution is 5.75. The summed E-state index contributed by atoms with van der Waals surface area (Å²) in [4.78, 5) is 13.7. The average molecular weight is 242 g/mol. The van der Waals surface area contributed by atoms with Gasteiger partial charge in [0.1, 0.15) is 0 Å². The molecule has 0 aliphatic rings. The first kappa shape index (κ1) is 16.4. The summed E-state index contributed by atoms with van der Waals surface area (Å²) in [6.07, 6.45) is 4.91. The Labute approximate surface area is 107 Å². The molecule has 2 N–H and O–H groups in total. The summed E-state index contributed by atoms with van der Waals surface area (Å²) in [6, 6.07) is 0. The van der Waals surface area contributed by atoms with Crippen LogP contribution in [0.2, 0.25) is 0 Å². The zero-order valence-corrected chi connectivity index (χ0v) is 12.0. The van der Waals surface area contributed by atoms with Crippen molar-refractivity contribution < 1.29 is 4.79 Å². The Morgan fingerprint density at radius 2 is 1.88 bits per heavy atom. The van der Waals surface area contributed by atoms with Gasteiger partial charge >= 0.3 is 0 Å². The molecule has 0 bridgehead atoms. The molecule has 0 saturated carbocycles. The SMILES string of the molecule is CCC(CCN)CCC(=O)N(C)CCC(C)C. The highest BCUT2D eigenvalue weighted by Crippen LogP contribution is 2.15. The van der Waals surface area contributed by atoms with E-state index in [1.54, 1.807) is 0 Å². The third-order valence-electron chi connectivity index (χ3n) is 3.39. The van der Waals surface area contributed by atoms with Gasteiger partial charge in [0.25, 0.3) is 0 Å². The number of nitrogens with two attached hydrogens (primary N) is 1. The molecule has 0 heterocycles. The van der Waals surface area contributed by atoms with E-state index in [-0.39, 0.29) is 5.91 Å². The van der Waals surface area contributed by atoms with E-state index in [0.717, 1.165) is 38.8 Å². The first-order chi connectivity index (χ1) is 8.01. The number of rotatable bonds is 9. The third kappa shape index (κ3) is 8.19. The molecule has 0 spiro atoms. The maximum atomic E-state index is 11.9. The van der Waals surface area contributed by atoms with Crippen LogP contribution in [0.15, 0.2) is 0 Å². The van der Waals surface area contributed by atoms with E-state index in [4.69, 9.17) is 5.73 Å². The van der Waals surface area contributed by atoms with Crippen LogP contribution in [0.4, 0.5) is 0 Å². The molecular weight excluding hydrogens is 212 g/mol. The monoisotopic (exact) mass is 242 g/mol. The maximum absolute atomic E-state index is 11.9. The van der Waals surface area contributed by atoms with Crippen LogP contribution in [-0.4, -0.2) is 30.9 Å². The summed E-state index contributed by atoms with van der Waals surface area (Å²) < 4.78 is 0. The number of carbonyl (C=O) groups excluding carboxylic acids is 1. The van der Waals surface area contributed by atoms with Crippen molar-refractivity contribution in [1.82, 2.24) is 4.90 Å². The van der Waals surface area contributed by atoms with Gasteiger partial charge < -0.3 is 10.6 Å². The van der Waals surface area contributed by atoms with Crippen molar-refractivity contribution in [3.8, 4) is 0 Å². The molecule has 0 aromatic carbocycles. The molecule has 0 radical (unpaired) electrons. The maximum Gasteiger partial charge on any atom is 0.222 e. The van der Waals surface area contributed by atoms with Crippen molar-refractivity contribution in [2.24, 2.45) is 17.6 Å². The van der Waals surface area contributed by atoms with Gasteiger partial charge in [0.2, 0.25) is 5.91 Å². The summed E-state index contributed by atoms with van der Waals surface area (Å²) in [5.41, 5.74) is 5.56. The van der Waals surface area contributed by atoms with E-state index in [1.807, 2.05) is 11.9 Å². The van der Waals surface area contributed by atoms with Crippen LogP contribution in [0.25, 0.3) is 0 Å². The fourth-order valence-corrected chi connectivity index (χ4v) is 1.88. The average Bonchev–Trinajstić information content (AvgIpc) is 2.30. The second-order valence-electron chi connectivity index (χ2n) is 5.39. The predicted molar refractivity (Wildman–Crippen MR) is 73.8 cm³/mol. The Hall–Kier alpha value is -0.570. The molecule has 0 fully saturated rings. The largest absolute Gasteiger partial charge is 0.346 e. The smallest absolute Gasteiger partial charge is 0.222 e. The minimum atomic E-state index is 0.279. The van der Waals surface area contributed by atoms with Gasteiger partial charge in [0.05, 0.1) is 0 Å². The number of nitrogens with zero attached hydrogens (tertiary/aromatic N) is 1. The molecule has 102 valence electrons. The lowest BCUT2D eigenvalue weighted by Crippen LogP contribution is -2.28. The molecule has 1 amide bonds. The molecule has 1 unspecified atom stereocenters. The van der Waals surface area contributed by atoms with Gasteiger partial charge in [0.15, 0.2) is 0 Å². The lowest BCUT2D eigenvalue weighted by Gasteiger charge is -2.20. The fourth-order valence-electron chi connectivity index (χ4n) is 1.88. The highest BCUT2D eigenvalue weighted by Gasteiger charge is 2.12. The van der Waals surface area contributed by atoms with Crippen LogP contribution in [0, 0.1) is 11.8 Å². The van der Waals surface area contributed by atoms with Gasteiger partial charge in [0, 0.05) is 20.0 Å². The van der Waals surface area contributed by atoms with Crippen LogP contribution in [0.5, 0.6) is 0 Å². The summed E-state index contributed by atoms with van der Waals surface area (Å²) in [6.45, 7) is 8.16. The van der Waals surface area contributed by atoms with Crippen molar-refractivity contribution in [3.05, 3.63) is 0 Å². The first-order valence-corrected chi connectivity index (χ1v) is 6.95. The third-order valence-corrected chi connectivity index (χ3v) is 3.39. The first-order valence-electron chi connectivity index (χ1n) is 6.95. The molecule has 0 aromatic heterocycles. The second-order valence-corrected chi connectivity index (χ2v) is 5.39. The van der Waals surface area contributed by atoms with E-state index >= 15 is 0 Å². The lowest BCUT2D eigenvalue weighted by atomic mass is 9.96. The van der Waals surface area contributed by atoms with Crippen LogP contribution in [-0.2, 0) is 4.79 Å². The zero-order chi connectivity index (χ0) is 13.3. The molecule has 1 atom stereocenters. The lowest BCUT2D eigenvalue weighted by molar-refractivity contribution is -0.130. The summed E-state index contributed by atoms with van der Waals surface area (Å²) in [5, 5.41) is 0. The van der Waals surface area contributed by atoms with Crippen molar-refractivity contribution in [3.63, 3.8) is 0 Å². The van der Waals surface area contributed by atoms with Gasteiger partial charge in [-0.2, -0.15) is 0 Å². The van der Waals surface area contributed by atoms with Crippen molar-refractivity contribution in [2.75, 3.05) is 20.1 Å². The van der Waals surface area contributed by atoms with Gasteiger partial charge in [-0.15, -0.1) is 0 Å². The van der Waals surface area contributed by atoms with Crippen molar-refractivity contribution >= 4 is 5.91 Å². The van der Waals surface area contributed by atoms with Gasteiger partial charge in [-0.05, 0) is 37.6 Å². The molecule has 0 aliphatic carbocycles. The summed E-state index contributed by atoms with van der Waals surface area (Å²) in [5.74, 6) is 1.55. The van der Waals surface area contributed by atoms with Crippen LogP contribution in [0.1, 0.15) is 52.9 Å². The molecule has 3 heteroatoms. The van der Waals surface area contributed by atoms with Crippen LogP contribution in [0.3, 0.4) is 0 Å². The van der Waals surface area contributed by atoms with E-state index in [1.165, 1.54) is 0 Å².